The van der Waals surface area contributed by atoms with E-state index in [9.17, 15) is 22.0 Å². The van der Waals surface area contributed by atoms with Crippen molar-refractivity contribution in [2.75, 3.05) is 13.2 Å². The molecule has 0 aliphatic carbocycles. The van der Waals surface area contributed by atoms with Crippen molar-refractivity contribution in [1.82, 2.24) is 0 Å². The SMILES string of the molecule is C=COCCOc1c(F)c(F)c(F)c(F)c1F. The topological polar surface area (TPSA) is 18.5 Å². The predicted molar refractivity (Wildman–Crippen MR) is 47.9 cm³/mol. The van der Waals surface area contributed by atoms with E-state index in [2.05, 4.69) is 16.1 Å². The van der Waals surface area contributed by atoms with Gasteiger partial charge in [0.25, 0.3) is 0 Å². The summed E-state index contributed by atoms with van der Waals surface area (Å²) in [7, 11) is 0. The lowest BCUT2D eigenvalue weighted by atomic mass is 10.2. The molecule has 0 aliphatic heterocycles. The first kappa shape index (κ1) is 13.3. The van der Waals surface area contributed by atoms with Crippen LogP contribution in [0.4, 0.5) is 22.0 Å². The highest BCUT2D eigenvalue weighted by Crippen LogP contribution is 2.28. The third-order valence-electron chi connectivity index (χ3n) is 1.73. The van der Waals surface area contributed by atoms with E-state index in [0.717, 1.165) is 6.26 Å². The molecule has 0 amide bonds. The molecule has 0 heterocycles. The molecular weight excluding hydrogens is 247 g/mol. The summed E-state index contributed by atoms with van der Waals surface area (Å²) in [5, 5.41) is 0. The smallest absolute Gasteiger partial charge is 0.206 e. The van der Waals surface area contributed by atoms with Crippen molar-refractivity contribution in [3.8, 4) is 5.75 Å². The maximum atomic E-state index is 13.0. The lowest BCUT2D eigenvalue weighted by Gasteiger charge is -2.09. The fourth-order valence-corrected chi connectivity index (χ4v) is 0.987. The third kappa shape index (κ3) is 2.66. The van der Waals surface area contributed by atoms with E-state index in [1.807, 2.05) is 0 Å². The van der Waals surface area contributed by atoms with E-state index in [1.165, 1.54) is 0 Å². The van der Waals surface area contributed by atoms with E-state index >= 15 is 0 Å². The Morgan fingerprint density at radius 3 is 1.76 bits per heavy atom. The molecular formula is C10H7F5O2. The van der Waals surface area contributed by atoms with Gasteiger partial charge in [0.2, 0.25) is 29.1 Å². The molecule has 0 unspecified atom stereocenters. The van der Waals surface area contributed by atoms with Crippen LogP contribution in [0.1, 0.15) is 0 Å². The van der Waals surface area contributed by atoms with Gasteiger partial charge in [-0.1, -0.05) is 6.58 Å². The van der Waals surface area contributed by atoms with Crippen LogP contribution in [0.3, 0.4) is 0 Å². The van der Waals surface area contributed by atoms with Crippen LogP contribution in [0.15, 0.2) is 12.8 Å². The first-order chi connectivity index (χ1) is 8.00. The summed E-state index contributed by atoms with van der Waals surface area (Å²) in [6.45, 7) is 2.66. The minimum absolute atomic E-state index is 0.136. The van der Waals surface area contributed by atoms with Crippen molar-refractivity contribution < 1.29 is 31.4 Å². The minimum atomic E-state index is -2.23. The van der Waals surface area contributed by atoms with Crippen LogP contribution in [0, 0.1) is 29.1 Å². The van der Waals surface area contributed by atoms with Crippen molar-refractivity contribution in [2.24, 2.45) is 0 Å². The van der Waals surface area contributed by atoms with Gasteiger partial charge in [-0.3, -0.25) is 0 Å². The van der Waals surface area contributed by atoms with Gasteiger partial charge in [0, 0.05) is 0 Å². The molecule has 0 atom stereocenters. The molecule has 0 saturated heterocycles. The van der Waals surface area contributed by atoms with Crippen molar-refractivity contribution in [1.29, 1.82) is 0 Å². The molecule has 0 saturated carbocycles. The fraction of sp³-hybridized carbons (Fsp3) is 0.200. The molecule has 1 aromatic rings. The van der Waals surface area contributed by atoms with Crippen LogP contribution >= 0.6 is 0 Å². The molecule has 0 spiro atoms. The first-order valence-corrected chi connectivity index (χ1v) is 4.37. The zero-order valence-electron chi connectivity index (χ0n) is 8.40. The molecule has 0 aromatic heterocycles. The van der Waals surface area contributed by atoms with Gasteiger partial charge in [-0.15, -0.1) is 0 Å². The summed E-state index contributed by atoms with van der Waals surface area (Å²) < 4.78 is 73.0. The maximum absolute atomic E-state index is 13.0. The molecule has 0 bridgehead atoms. The van der Waals surface area contributed by atoms with E-state index in [0.29, 0.717) is 0 Å². The molecule has 7 heteroatoms. The second kappa shape index (κ2) is 5.51. The summed E-state index contributed by atoms with van der Waals surface area (Å²) in [4.78, 5) is 0. The number of ether oxygens (including phenoxy) is 2. The Hall–Kier alpha value is -1.79. The van der Waals surface area contributed by atoms with Gasteiger partial charge in [-0.05, 0) is 0 Å². The molecule has 1 aromatic carbocycles. The maximum Gasteiger partial charge on any atom is 0.206 e. The van der Waals surface area contributed by atoms with Crippen LogP contribution in [0.5, 0.6) is 5.75 Å². The lowest BCUT2D eigenvalue weighted by Crippen LogP contribution is -2.10. The van der Waals surface area contributed by atoms with Crippen LogP contribution in [0.2, 0.25) is 0 Å². The number of benzene rings is 1. The van der Waals surface area contributed by atoms with Gasteiger partial charge >= 0.3 is 0 Å². The second-order valence-electron chi connectivity index (χ2n) is 2.78. The Kier molecular flexibility index (Phi) is 4.30. The van der Waals surface area contributed by atoms with Crippen molar-refractivity contribution >= 4 is 0 Å². The van der Waals surface area contributed by atoms with Gasteiger partial charge in [-0.25, -0.2) is 13.2 Å². The van der Waals surface area contributed by atoms with Crippen LogP contribution in [0.25, 0.3) is 0 Å². The highest BCUT2D eigenvalue weighted by molar-refractivity contribution is 5.29. The molecule has 0 N–H and O–H groups in total. The van der Waals surface area contributed by atoms with E-state index in [-0.39, 0.29) is 13.2 Å². The summed E-state index contributed by atoms with van der Waals surface area (Å²) in [6, 6.07) is 0. The Balaban J connectivity index is 2.95. The number of rotatable bonds is 5. The van der Waals surface area contributed by atoms with Gasteiger partial charge in [0.15, 0.2) is 5.75 Å². The molecule has 17 heavy (non-hydrogen) atoms. The summed E-state index contributed by atoms with van der Waals surface area (Å²) in [5.41, 5.74) is 0. The van der Waals surface area contributed by atoms with E-state index in [4.69, 9.17) is 0 Å². The second-order valence-corrected chi connectivity index (χ2v) is 2.78. The number of halogens is 5. The predicted octanol–water partition coefficient (Wildman–Crippen LogP) is 2.92. The monoisotopic (exact) mass is 254 g/mol. The minimum Gasteiger partial charge on any atom is -0.498 e. The first-order valence-electron chi connectivity index (χ1n) is 4.37. The summed E-state index contributed by atoms with van der Waals surface area (Å²) in [5.74, 6) is -11.7. The largest absolute Gasteiger partial charge is 0.498 e. The molecule has 0 radical (unpaired) electrons. The van der Waals surface area contributed by atoms with Crippen molar-refractivity contribution in [2.45, 2.75) is 0 Å². The molecule has 1 rings (SSSR count). The number of hydrogen-bond donors (Lipinski definition) is 0. The molecule has 0 fully saturated rings. The molecule has 0 aliphatic rings. The van der Waals surface area contributed by atoms with Crippen LogP contribution in [-0.2, 0) is 4.74 Å². The standard InChI is InChI=1S/C10H7F5O2/c1-2-16-3-4-17-10-8(14)6(12)5(11)7(13)9(10)15/h2H,1,3-4H2. The Morgan fingerprint density at radius 2 is 1.29 bits per heavy atom. The van der Waals surface area contributed by atoms with Crippen LogP contribution in [-0.4, -0.2) is 13.2 Å². The average Bonchev–Trinajstić information content (AvgIpc) is 2.33. The Morgan fingerprint density at radius 1 is 0.824 bits per heavy atom. The van der Waals surface area contributed by atoms with Crippen LogP contribution < -0.4 is 4.74 Å². The van der Waals surface area contributed by atoms with Gasteiger partial charge < -0.3 is 9.47 Å². The zero-order chi connectivity index (χ0) is 13.0. The third-order valence-corrected chi connectivity index (χ3v) is 1.73. The summed E-state index contributed by atoms with van der Waals surface area (Å²) >= 11 is 0. The molecule has 2 nitrogen and oxygen atoms in total. The van der Waals surface area contributed by atoms with Crippen molar-refractivity contribution in [3.05, 3.63) is 41.9 Å². The average molecular weight is 254 g/mol. The summed E-state index contributed by atoms with van der Waals surface area (Å²) in [6.07, 6.45) is 1.04. The van der Waals surface area contributed by atoms with Gasteiger partial charge in [-0.2, -0.15) is 8.78 Å². The Bertz CT molecular complexity index is 404. The highest BCUT2D eigenvalue weighted by atomic mass is 19.2. The van der Waals surface area contributed by atoms with Crippen molar-refractivity contribution in [3.63, 3.8) is 0 Å². The zero-order valence-corrected chi connectivity index (χ0v) is 8.40. The number of hydrogen-bond acceptors (Lipinski definition) is 2. The highest BCUT2D eigenvalue weighted by Gasteiger charge is 2.26. The normalized spacial score (nSPS) is 10.2. The van der Waals surface area contributed by atoms with E-state index < -0.39 is 34.8 Å². The Labute approximate surface area is 93.3 Å². The molecule has 94 valence electrons. The lowest BCUT2D eigenvalue weighted by molar-refractivity contribution is 0.168. The quantitative estimate of drug-likeness (QED) is 0.264. The van der Waals surface area contributed by atoms with Gasteiger partial charge in [0.1, 0.15) is 13.2 Å². The van der Waals surface area contributed by atoms with E-state index in [1.54, 1.807) is 0 Å². The fourth-order valence-electron chi connectivity index (χ4n) is 0.987. The van der Waals surface area contributed by atoms with Gasteiger partial charge in [0.05, 0.1) is 6.26 Å².